The number of carbonyl (C=O) groups is 1. The molecule has 1 aromatic rings. The van der Waals surface area contributed by atoms with Gasteiger partial charge in [-0.25, -0.2) is 4.79 Å². The van der Waals surface area contributed by atoms with Crippen LogP contribution in [0.25, 0.3) is 0 Å². The summed E-state index contributed by atoms with van der Waals surface area (Å²) in [4.78, 5) is 15.8. The second-order valence-corrected chi connectivity index (χ2v) is 6.34. The Balaban J connectivity index is 2.61. The highest BCUT2D eigenvalue weighted by molar-refractivity contribution is 7.98. The molecule has 5 heteroatoms. The predicted octanol–water partition coefficient (Wildman–Crippen LogP) is 3.14. The summed E-state index contributed by atoms with van der Waals surface area (Å²) in [6.45, 7) is 3.72. The Kier molecular flexibility index (Phi) is 6.88. The lowest BCUT2D eigenvalue weighted by atomic mass is 10.1. The van der Waals surface area contributed by atoms with E-state index in [0.29, 0.717) is 11.8 Å². The second kappa shape index (κ2) is 8.17. The van der Waals surface area contributed by atoms with Gasteiger partial charge in [0.25, 0.3) is 0 Å². The molecule has 1 N–H and O–H groups in total. The fourth-order valence-corrected chi connectivity index (χ4v) is 2.09. The summed E-state index contributed by atoms with van der Waals surface area (Å²) in [5, 5.41) is 3.37. The number of hydrogen-bond acceptors (Lipinski definition) is 3. The maximum Gasteiger partial charge on any atom is 0.321 e. The Hall–Kier alpha value is -1.20. The summed E-state index contributed by atoms with van der Waals surface area (Å²) >= 11 is 1.79. The van der Waals surface area contributed by atoms with Crippen LogP contribution in [-0.2, 0) is 0 Å². The second-order valence-electron chi connectivity index (χ2n) is 5.16. The average molecular weight is 295 g/mol. The molecule has 1 atom stereocenters. The molecule has 0 aliphatic heterocycles. The molecule has 112 valence electrons. The number of thioether (sulfide) groups is 1. The number of amides is 2. The van der Waals surface area contributed by atoms with Gasteiger partial charge >= 0.3 is 6.03 Å². The van der Waals surface area contributed by atoms with Gasteiger partial charge in [-0.15, -0.1) is 0 Å². The first kappa shape index (κ1) is 16.9. The highest BCUT2D eigenvalue weighted by Gasteiger charge is 2.10. The topological polar surface area (TPSA) is 35.6 Å². The minimum absolute atomic E-state index is 0.0687. The van der Waals surface area contributed by atoms with Crippen molar-refractivity contribution in [1.29, 1.82) is 0 Å². The van der Waals surface area contributed by atoms with E-state index in [0.717, 1.165) is 12.2 Å². The van der Waals surface area contributed by atoms with Crippen LogP contribution in [0.2, 0.25) is 0 Å². The van der Waals surface area contributed by atoms with E-state index < -0.39 is 0 Å². The first-order chi connectivity index (χ1) is 9.43. The largest absolute Gasteiger partial charge is 0.326 e. The van der Waals surface area contributed by atoms with Crippen LogP contribution < -0.4 is 5.32 Å². The lowest BCUT2D eigenvalue weighted by molar-refractivity contribution is 0.217. The normalized spacial score (nSPS) is 12.3. The highest BCUT2D eigenvalue weighted by Crippen LogP contribution is 2.27. The molecule has 1 unspecified atom stereocenters. The molecule has 1 aromatic carbocycles. The zero-order valence-electron chi connectivity index (χ0n) is 13.0. The molecule has 1 rings (SSSR count). The van der Waals surface area contributed by atoms with Crippen molar-refractivity contribution in [3.05, 3.63) is 29.8 Å². The minimum atomic E-state index is -0.0687. The van der Waals surface area contributed by atoms with Crippen molar-refractivity contribution in [3.63, 3.8) is 0 Å². The molecule has 20 heavy (non-hydrogen) atoms. The summed E-state index contributed by atoms with van der Waals surface area (Å²) in [6, 6.07) is 7.97. The van der Waals surface area contributed by atoms with Gasteiger partial charge in [0.1, 0.15) is 0 Å². The molecule has 2 amide bonds. The zero-order valence-corrected chi connectivity index (χ0v) is 13.8. The van der Waals surface area contributed by atoms with Gasteiger partial charge in [-0.3, -0.25) is 0 Å². The van der Waals surface area contributed by atoms with Crippen LogP contribution >= 0.6 is 11.8 Å². The number of likely N-dealkylation sites (N-methyl/N-ethyl adjacent to an activating group) is 2. The van der Waals surface area contributed by atoms with Gasteiger partial charge in [-0.1, -0.05) is 12.1 Å². The predicted molar refractivity (Wildman–Crippen MR) is 88.6 cm³/mol. The Morgan fingerprint density at radius 1 is 1.30 bits per heavy atom. The fraction of sp³-hybridized carbons (Fsp3) is 0.533. The van der Waals surface area contributed by atoms with E-state index in [1.165, 1.54) is 5.56 Å². The highest BCUT2D eigenvalue weighted by atomic mass is 32.2. The third kappa shape index (κ3) is 5.43. The van der Waals surface area contributed by atoms with E-state index >= 15 is 0 Å². The molecule has 0 saturated carbocycles. The number of urea groups is 1. The Labute approximate surface area is 126 Å². The Morgan fingerprint density at radius 3 is 2.60 bits per heavy atom. The van der Waals surface area contributed by atoms with Crippen LogP contribution in [0.5, 0.6) is 0 Å². The van der Waals surface area contributed by atoms with Crippen LogP contribution in [0.1, 0.15) is 17.7 Å². The molecule has 0 aliphatic carbocycles. The van der Waals surface area contributed by atoms with Crippen molar-refractivity contribution in [3.8, 4) is 0 Å². The number of benzene rings is 1. The smallest absolute Gasteiger partial charge is 0.321 e. The number of hydrogen-bond donors (Lipinski definition) is 1. The molecule has 0 aliphatic rings. The number of nitrogens with one attached hydrogen (secondary N) is 1. The minimum Gasteiger partial charge on any atom is -0.326 e. The van der Waals surface area contributed by atoms with Gasteiger partial charge in [0, 0.05) is 31.1 Å². The molecule has 0 saturated heterocycles. The number of carbonyl (C=O) groups excluding carboxylic acids is 1. The molecule has 0 fully saturated rings. The van der Waals surface area contributed by atoms with Gasteiger partial charge in [-0.05, 0) is 45.0 Å². The summed E-state index contributed by atoms with van der Waals surface area (Å²) in [7, 11) is 5.81. The summed E-state index contributed by atoms with van der Waals surface area (Å²) in [6.07, 6.45) is 2.09. The lowest BCUT2D eigenvalue weighted by Gasteiger charge is -2.20. The molecule has 0 radical (unpaired) electrons. The molecular formula is C15H25N3OS. The first-order valence-electron chi connectivity index (χ1n) is 6.73. The van der Waals surface area contributed by atoms with Crippen molar-refractivity contribution >= 4 is 23.5 Å². The SMILES string of the molecule is CSC(C)c1cccc(NC(=O)N(C)CCN(C)C)c1. The molecule has 0 aromatic heterocycles. The number of anilines is 1. The van der Waals surface area contributed by atoms with Crippen LogP contribution in [0.15, 0.2) is 24.3 Å². The van der Waals surface area contributed by atoms with E-state index in [9.17, 15) is 4.79 Å². The van der Waals surface area contributed by atoms with Crippen molar-refractivity contribution in [1.82, 2.24) is 9.80 Å². The Bertz CT molecular complexity index is 437. The average Bonchev–Trinajstić information content (AvgIpc) is 2.43. The summed E-state index contributed by atoms with van der Waals surface area (Å²) < 4.78 is 0. The van der Waals surface area contributed by atoms with Crippen LogP contribution in [-0.4, -0.2) is 56.3 Å². The third-order valence-electron chi connectivity index (χ3n) is 3.19. The van der Waals surface area contributed by atoms with Crippen LogP contribution in [0, 0.1) is 0 Å². The molecule has 4 nitrogen and oxygen atoms in total. The van der Waals surface area contributed by atoms with E-state index in [4.69, 9.17) is 0 Å². The van der Waals surface area contributed by atoms with E-state index in [1.807, 2.05) is 39.3 Å². The maximum absolute atomic E-state index is 12.1. The van der Waals surface area contributed by atoms with Gasteiger partial charge in [-0.2, -0.15) is 11.8 Å². The third-order valence-corrected chi connectivity index (χ3v) is 4.17. The van der Waals surface area contributed by atoms with Crippen molar-refractivity contribution in [2.24, 2.45) is 0 Å². The maximum atomic E-state index is 12.1. The van der Waals surface area contributed by atoms with E-state index in [1.54, 1.807) is 16.7 Å². The lowest BCUT2D eigenvalue weighted by Crippen LogP contribution is -2.36. The van der Waals surface area contributed by atoms with Gasteiger partial charge in [0.2, 0.25) is 0 Å². The van der Waals surface area contributed by atoms with Crippen molar-refractivity contribution in [2.75, 3.05) is 45.8 Å². The van der Waals surface area contributed by atoms with Crippen molar-refractivity contribution in [2.45, 2.75) is 12.2 Å². The first-order valence-corrected chi connectivity index (χ1v) is 8.02. The van der Waals surface area contributed by atoms with Gasteiger partial charge in [0.05, 0.1) is 0 Å². The molecule has 0 spiro atoms. The number of nitrogens with zero attached hydrogens (tertiary/aromatic N) is 2. The van der Waals surface area contributed by atoms with Crippen LogP contribution in [0.3, 0.4) is 0 Å². The van der Waals surface area contributed by atoms with E-state index in [-0.39, 0.29) is 6.03 Å². The van der Waals surface area contributed by atoms with Gasteiger partial charge in [0.15, 0.2) is 0 Å². The standard InChI is InChI=1S/C15H25N3OS/c1-12(20-5)13-7-6-8-14(11-13)16-15(19)18(4)10-9-17(2)3/h6-8,11-12H,9-10H2,1-5H3,(H,16,19). The molecule has 0 heterocycles. The molecular weight excluding hydrogens is 270 g/mol. The van der Waals surface area contributed by atoms with Crippen LogP contribution in [0.4, 0.5) is 10.5 Å². The zero-order chi connectivity index (χ0) is 15.1. The quantitative estimate of drug-likeness (QED) is 0.876. The van der Waals surface area contributed by atoms with Crippen molar-refractivity contribution < 1.29 is 4.79 Å². The summed E-state index contributed by atoms with van der Waals surface area (Å²) in [5.41, 5.74) is 2.08. The van der Waals surface area contributed by atoms with E-state index in [2.05, 4.69) is 29.5 Å². The van der Waals surface area contributed by atoms with Gasteiger partial charge < -0.3 is 15.1 Å². The molecule has 0 bridgehead atoms. The Morgan fingerprint density at radius 2 is 2.00 bits per heavy atom. The fourth-order valence-electron chi connectivity index (χ4n) is 1.68. The monoisotopic (exact) mass is 295 g/mol. The summed E-state index contributed by atoms with van der Waals surface area (Å²) in [5.74, 6) is 0. The number of rotatable bonds is 6.